The van der Waals surface area contributed by atoms with Gasteiger partial charge in [0.05, 0.1) is 6.07 Å². The van der Waals surface area contributed by atoms with Crippen molar-refractivity contribution in [1.29, 1.82) is 5.26 Å². The standard InChI is InChI=1S/C16H22N2/c1-13(2)15-5-7-16(8-6-15)18-11-3-4-14(12-18)9-10-17/h5-8,13-14H,3-4,9,11-12H2,1-2H3. The van der Waals surface area contributed by atoms with E-state index < -0.39 is 0 Å². The first-order valence-corrected chi connectivity index (χ1v) is 6.92. The van der Waals surface area contributed by atoms with E-state index in [9.17, 15) is 0 Å². The van der Waals surface area contributed by atoms with Crippen LogP contribution in [0.5, 0.6) is 0 Å². The number of anilines is 1. The molecule has 1 unspecified atom stereocenters. The van der Waals surface area contributed by atoms with E-state index in [0.717, 1.165) is 13.1 Å². The fourth-order valence-corrected chi connectivity index (χ4v) is 2.67. The Hall–Kier alpha value is -1.49. The predicted molar refractivity (Wildman–Crippen MR) is 75.7 cm³/mol. The van der Waals surface area contributed by atoms with Gasteiger partial charge in [-0.15, -0.1) is 0 Å². The highest BCUT2D eigenvalue weighted by Crippen LogP contribution is 2.26. The summed E-state index contributed by atoms with van der Waals surface area (Å²) in [6, 6.07) is 11.2. The van der Waals surface area contributed by atoms with Crippen molar-refractivity contribution in [1.82, 2.24) is 0 Å². The van der Waals surface area contributed by atoms with Crippen LogP contribution in [-0.2, 0) is 0 Å². The van der Waals surface area contributed by atoms with Gasteiger partial charge in [-0.1, -0.05) is 26.0 Å². The van der Waals surface area contributed by atoms with Crippen molar-refractivity contribution in [2.75, 3.05) is 18.0 Å². The molecule has 2 heteroatoms. The average Bonchev–Trinajstić information content (AvgIpc) is 2.39. The minimum Gasteiger partial charge on any atom is -0.371 e. The van der Waals surface area contributed by atoms with Crippen LogP contribution in [0.3, 0.4) is 0 Å². The third kappa shape index (κ3) is 3.04. The van der Waals surface area contributed by atoms with E-state index in [4.69, 9.17) is 5.26 Å². The zero-order chi connectivity index (χ0) is 13.0. The number of hydrogen-bond acceptors (Lipinski definition) is 2. The first-order valence-electron chi connectivity index (χ1n) is 6.92. The van der Waals surface area contributed by atoms with Crippen molar-refractivity contribution >= 4 is 5.69 Å². The van der Waals surface area contributed by atoms with Crippen LogP contribution in [0.2, 0.25) is 0 Å². The quantitative estimate of drug-likeness (QED) is 0.802. The lowest BCUT2D eigenvalue weighted by molar-refractivity contribution is 0.422. The lowest BCUT2D eigenvalue weighted by Gasteiger charge is -2.33. The zero-order valence-electron chi connectivity index (χ0n) is 11.4. The summed E-state index contributed by atoms with van der Waals surface area (Å²) in [5.41, 5.74) is 2.70. The highest BCUT2D eigenvalue weighted by molar-refractivity contribution is 5.48. The summed E-state index contributed by atoms with van der Waals surface area (Å²) < 4.78 is 0. The van der Waals surface area contributed by atoms with Crippen LogP contribution in [-0.4, -0.2) is 13.1 Å². The van der Waals surface area contributed by atoms with Crippen LogP contribution in [0, 0.1) is 17.2 Å². The maximum atomic E-state index is 8.80. The number of nitrogens with zero attached hydrogens (tertiary/aromatic N) is 2. The zero-order valence-corrected chi connectivity index (χ0v) is 11.4. The Morgan fingerprint density at radius 3 is 2.67 bits per heavy atom. The molecule has 0 aromatic heterocycles. The van der Waals surface area contributed by atoms with Crippen molar-refractivity contribution in [2.45, 2.75) is 39.0 Å². The molecule has 1 atom stereocenters. The van der Waals surface area contributed by atoms with Gasteiger partial charge in [0, 0.05) is 25.2 Å². The van der Waals surface area contributed by atoms with E-state index in [1.807, 2.05) is 0 Å². The largest absolute Gasteiger partial charge is 0.371 e. The lowest BCUT2D eigenvalue weighted by Crippen LogP contribution is -2.35. The van der Waals surface area contributed by atoms with Crippen LogP contribution in [0.15, 0.2) is 24.3 Å². The molecule has 0 saturated carbocycles. The molecule has 96 valence electrons. The molecule has 0 amide bonds. The molecule has 1 heterocycles. The highest BCUT2D eigenvalue weighted by atomic mass is 15.1. The summed E-state index contributed by atoms with van der Waals surface area (Å²) >= 11 is 0. The molecule has 1 aromatic carbocycles. The number of nitriles is 1. The highest BCUT2D eigenvalue weighted by Gasteiger charge is 2.19. The third-order valence-corrected chi connectivity index (χ3v) is 3.82. The fourth-order valence-electron chi connectivity index (χ4n) is 2.67. The van der Waals surface area contributed by atoms with Gasteiger partial charge < -0.3 is 4.90 Å². The fraction of sp³-hybridized carbons (Fsp3) is 0.562. The molecule has 1 aliphatic rings. The Kier molecular flexibility index (Phi) is 4.25. The molecule has 0 N–H and O–H groups in total. The molecule has 1 fully saturated rings. The van der Waals surface area contributed by atoms with E-state index in [0.29, 0.717) is 18.3 Å². The predicted octanol–water partition coefficient (Wildman–Crippen LogP) is 3.94. The molecule has 2 nitrogen and oxygen atoms in total. The minimum atomic E-state index is 0.550. The Morgan fingerprint density at radius 1 is 1.33 bits per heavy atom. The van der Waals surface area contributed by atoms with E-state index in [1.54, 1.807) is 0 Å². The Morgan fingerprint density at radius 2 is 2.06 bits per heavy atom. The summed E-state index contributed by atoms with van der Waals surface area (Å²) in [7, 11) is 0. The summed E-state index contributed by atoms with van der Waals surface area (Å²) in [4.78, 5) is 2.43. The molecule has 0 bridgehead atoms. The maximum absolute atomic E-state index is 8.80. The van der Waals surface area contributed by atoms with Crippen molar-refractivity contribution in [3.8, 4) is 6.07 Å². The first kappa shape index (κ1) is 13.0. The van der Waals surface area contributed by atoms with Gasteiger partial charge in [-0.25, -0.2) is 0 Å². The molecule has 1 aliphatic heterocycles. The second-order valence-corrected chi connectivity index (χ2v) is 5.56. The van der Waals surface area contributed by atoms with Gasteiger partial charge in [0.25, 0.3) is 0 Å². The molecule has 18 heavy (non-hydrogen) atoms. The summed E-state index contributed by atoms with van der Waals surface area (Å²) in [6.07, 6.45) is 3.10. The minimum absolute atomic E-state index is 0.550. The topological polar surface area (TPSA) is 27.0 Å². The van der Waals surface area contributed by atoms with Crippen molar-refractivity contribution < 1.29 is 0 Å². The van der Waals surface area contributed by atoms with Crippen LogP contribution < -0.4 is 4.90 Å². The van der Waals surface area contributed by atoms with Crippen LogP contribution in [0.4, 0.5) is 5.69 Å². The van der Waals surface area contributed by atoms with Gasteiger partial charge in [0.15, 0.2) is 0 Å². The van der Waals surface area contributed by atoms with E-state index in [1.165, 1.54) is 24.1 Å². The second-order valence-electron chi connectivity index (χ2n) is 5.56. The van der Waals surface area contributed by atoms with Crippen LogP contribution >= 0.6 is 0 Å². The van der Waals surface area contributed by atoms with Gasteiger partial charge in [-0.3, -0.25) is 0 Å². The smallest absolute Gasteiger partial charge is 0.0625 e. The summed E-state index contributed by atoms with van der Waals surface area (Å²) in [5.74, 6) is 1.14. The lowest BCUT2D eigenvalue weighted by atomic mass is 9.94. The monoisotopic (exact) mass is 242 g/mol. The van der Waals surface area contributed by atoms with Crippen LogP contribution in [0.25, 0.3) is 0 Å². The van der Waals surface area contributed by atoms with Gasteiger partial charge in [0.1, 0.15) is 0 Å². The molecule has 1 saturated heterocycles. The van der Waals surface area contributed by atoms with Crippen LogP contribution in [0.1, 0.15) is 44.6 Å². The molecule has 0 spiro atoms. The summed E-state index contributed by atoms with van der Waals surface area (Å²) in [5, 5.41) is 8.80. The van der Waals surface area contributed by atoms with E-state index in [2.05, 4.69) is 49.1 Å². The van der Waals surface area contributed by atoms with Crippen molar-refractivity contribution in [3.63, 3.8) is 0 Å². The normalized spacial score (nSPS) is 19.9. The molecular formula is C16H22N2. The molecular weight excluding hydrogens is 220 g/mol. The molecule has 2 rings (SSSR count). The number of hydrogen-bond donors (Lipinski definition) is 0. The Balaban J connectivity index is 2.04. The Bertz CT molecular complexity index is 414. The number of rotatable bonds is 3. The third-order valence-electron chi connectivity index (χ3n) is 3.82. The first-order chi connectivity index (χ1) is 8.70. The average molecular weight is 242 g/mol. The number of piperidine rings is 1. The number of benzene rings is 1. The van der Waals surface area contributed by atoms with E-state index in [-0.39, 0.29) is 0 Å². The van der Waals surface area contributed by atoms with Gasteiger partial charge in [-0.2, -0.15) is 5.26 Å². The van der Waals surface area contributed by atoms with Gasteiger partial charge in [0.2, 0.25) is 0 Å². The van der Waals surface area contributed by atoms with Gasteiger partial charge in [-0.05, 0) is 42.4 Å². The van der Waals surface area contributed by atoms with Crippen molar-refractivity contribution in [2.24, 2.45) is 5.92 Å². The molecule has 0 aliphatic carbocycles. The molecule has 0 radical (unpaired) electrons. The molecule has 1 aromatic rings. The Labute approximate surface area is 110 Å². The van der Waals surface area contributed by atoms with E-state index >= 15 is 0 Å². The SMILES string of the molecule is CC(C)c1ccc(N2CCCC(CC#N)C2)cc1. The summed E-state index contributed by atoms with van der Waals surface area (Å²) in [6.45, 7) is 6.61. The van der Waals surface area contributed by atoms with Crippen molar-refractivity contribution in [3.05, 3.63) is 29.8 Å². The second kappa shape index (κ2) is 5.91. The maximum Gasteiger partial charge on any atom is 0.0625 e. The van der Waals surface area contributed by atoms with Gasteiger partial charge >= 0.3 is 0 Å².